The highest BCUT2D eigenvalue weighted by atomic mass is 32.2. The molecule has 3 heterocycles. The van der Waals surface area contributed by atoms with Crippen molar-refractivity contribution in [1.29, 1.82) is 0 Å². The van der Waals surface area contributed by atoms with Crippen LogP contribution in [0, 0.1) is 6.92 Å². The topological polar surface area (TPSA) is 140 Å². The van der Waals surface area contributed by atoms with E-state index in [0.29, 0.717) is 36.2 Å². The largest absolute Gasteiger partial charge is 0.494 e. The van der Waals surface area contributed by atoms with Crippen LogP contribution in [0.15, 0.2) is 30.6 Å². The zero-order valence-corrected chi connectivity index (χ0v) is 21.7. The molecule has 0 radical (unpaired) electrons. The van der Waals surface area contributed by atoms with Crippen molar-refractivity contribution in [3.05, 3.63) is 47.8 Å². The molecule has 3 aromatic rings. The molecule has 2 aromatic heterocycles. The van der Waals surface area contributed by atoms with Crippen LogP contribution in [-0.4, -0.2) is 65.8 Å². The SMILES string of the molecule is COc1cccc(OC)c1-n1c(NS(=O)(=O)[C@@H](C)[C@H](C)c2ncc(C)cn2)nnc1C1OCCCO1. The lowest BCUT2D eigenvalue weighted by Gasteiger charge is -2.25. The molecule has 1 fully saturated rings. The monoisotopic (exact) mass is 518 g/mol. The Balaban J connectivity index is 1.77. The van der Waals surface area contributed by atoms with Gasteiger partial charge in [-0.3, -0.25) is 9.29 Å². The number of ether oxygens (including phenoxy) is 4. The van der Waals surface area contributed by atoms with Crippen LogP contribution >= 0.6 is 0 Å². The first-order valence-electron chi connectivity index (χ1n) is 11.5. The average molecular weight is 519 g/mol. The summed E-state index contributed by atoms with van der Waals surface area (Å²) < 4.78 is 53.7. The highest BCUT2D eigenvalue weighted by Crippen LogP contribution is 2.38. The average Bonchev–Trinajstić information content (AvgIpc) is 3.30. The first kappa shape index (κ1) is 25.8. The van der Waals surface area contributed by atoms with Crippen LogP contribution in [0.2, 0.25) is 0 Å². The maximum absolute atomic E-state index is 13.5. The number of aryl methyl sites for hydroxylation is 1. The molecule has 0 spiro atoms. The van der Waals surface area contributed by atoms with Gasteiger partial charge in [0.25, 0.3) is 0 Å². The molecule has 4 rings (SSSR count). The maximum Gasteiger partial charge on any atom is 0.243 e. The second kappa shape index (κ2) is 10.8. The van der Waals surface area contributed by atoms with Gasteiger partial charge in [0.05, 0.1) is 32.7 Å². The zero-order valence-electron chi connectivity index (χ0n) is 20.8. The Labute approximate surface area is 210 Å². The molecule has 2 atom stereocenters. The molecule has 1 aliphatic heterocycles. The summed E-state index contributed by atoms with van der Waals surface area (Å²) >= 11 is 0. The van der Waals surface area contributed by atoms with E-state index in [1.807, 2.05) is 6.92 Å². The fraction of sp³-hybridized carbons (Fsp3) is 0.478. The molecule has 0 saturated carbocycles. The van der Waals surface area contributed by atoms with Crippen molar-refractivity contribution in [3.63, 3.8) is 0 Å². The van der Waals surface area contributed by atoms with Crippen LogP contribution in [0.25, 0.3) is 5.69 Å². The van der Waals surface area contributed by atoms with Crippen LogP contribution in [0.3, 0.4) is 0 Å². The van der Waals surface area contributed by atoms with Gasteiger partial charge in [0, 0.05) is 18.3 Å². The number of hydrogen-bond acceptors (Lipinski definition) is 10. The molecule has 0 unspecified atom stereocenters. The number of sulfonamides is 1. The van der Waals surface area contributed by atoms with E-state index < -0.39 is 27.5 Å². The van der Waals surface area contributed by atoms with Gasteiger partial charge in [-0.25, -0.2) is 18.4 Å². The van der Waals surface area contributed by atoms with E-state index in [0.717, 1.165) is 12.0 Å². The van der Waals surface area contributed by atoms with Gasteiger partial charge in [-0.15, -0.1) is 10.2 Å². The van der Waals surface area contributed by atoms with Crippen molar-refractivity contribution >= 4 is 16.0 Å². The molecule has 0 amide bonds. The van der Waals surface area contributed by atoms with Gasteiger partial charge >= 0.3 is 0 Å². The van der Waals surface area contributed by atoms with E-state index in [1.54, 1.807) is 44.4 Å². The number of rotatable bonds is 9. The normalized spacial score (nSPS) is 16.4. The van der Waals surface area contributed by atoms with Crippen LogP contribution in [-0.2, 0) is 19.5 Å². The lowest BCUT2D eigenvalue weighted by atomic mass is 10.1. The minimum atomic E-state index is -3.97. The van der Waals surface area contributed by atoms with Crippen LogP contribution in [0.1, 0.15) is 49.7 Å². The Kier molecular flexibility index (Phi) is 7.71. The standard InChI is InChI=1S/C23H30N6O6S/c1-14-12-24-20(25-13-14)15(2)16(3)36(30,31)28-23-27-26-21(22-34-10-7-11-35-22)29(23)19-17(32-4)8-6-9-18(19)33-5/h6,8-9,12-13,15-16,22H,7,10-11H2,1-5H3,(H,27,28)/t15-,16-/m0/s1. The summed E-state index contributed by atoms with van der Waals surface area (Å²) in [4.78, 5) is 8.59. The first-order chi connectivity index (χ1) is 17.3. The number of anilines is 1. The van der Waals surface area contributed by atoms with Gasteiger partial charge in [-0.1, -0.05) is 13.0 Å². The summed E-state index contributed by atoms with van der Waals surface area (Å²) in [6.45, 7) is 6.15. The third-order valence-corrected chi connectivity index (χ3v) is 7.84. The highest BCUT2D eigenvalue weighted by Gasteiger charge is 2.34. The summed E-state index contributed by atoms with van der Waals surface area (Å²) in [6.07, 6.45) is 3.20. The van der Waals surface area contributed by atoms with E-state index in [1.165, 1.54) is 18.8 Å². The van der Waals surface area contributed by atoms with Gasteiger partial charge < -0.3 is 18.9 Å². The van der Waals surface area contributed by atoms with Crippen LogP contribution in [0.5, 0.6) is 11.5 Å². The third kappa shape index (κ3) is 5.13. The first-order valence-corrected chi connectivity index (χ1v) is 13.0. The van der Waals surface area contributed by atoms with Crippen LogP contribution < -0.4 is 14.2 Å². The van der Waals surface area contributed by atoms with E-state index in [9.17, 15) is 8.42 Å². The molecule has 1 aliphatic rings. The second-order valence-electron chi connectivity index (χ2n) is 8.41. The predicted molar refractivity (Wildman–Crippen MR) is 131 cm³/mol. The second-order valence-corrected chi connectivity index (χ2v) is 10.5. The molecule has 13 heteroatoms. The Bertz CT molecular complexity index is 1270. The quantitative estimate of drug-likeness (QED) is 0.450. The lowest BCUT2D eigenvalue weighted by Crippen LogP contribution is -2.31. The number of para-hydroxylation sites is 1. The number of nitrogens with one attached hydrogen (secondary N) is 1. The molecule has 1 saturated heterocycles. The number of aromatic nitrogens is 5. The summed E-state index contributed by atoms with van der Waals surface area (Å²) in [5.41, 5.74) is 1.29. The van der Waals surface area contributed by atoms with Crippen molar-refractivity contribution in [2.45, 2.75) is 44.6 Å². The molecular weight excluding hydrogens is 488 g/mol. The summed E-state index contributed by atoms with van der Waals surface area (Å²) in [5.74, 6) is 0.954. The van der Waals surface area contributed by atoms with E-state index in [-0.39, 0.29) is 11.8 Å². The third-order valence-electron chi connectivity index (χ3n) is 5.99. The minimum Gasteiger partial charge on any atom is -0.494 e. The smallest absolute Gasteiger partial charge is 0.243 e. The molecule has 1 aromatic carbocycles. The summed E-state index contributed by atoms with van der Waals surface area (Å²) in [6, 6.07) is 5.21. The van der Waals surface area contributed by atoms with E-state index in [4.69, 9.17) is 18.9 Å². The minimum absolute atomic E-state index is 0.0607. The number of methoxy groups -OCH3 is 2. The van der Waals surface area contributed by atoms with E-state index in [2.05, 4.69) is 24.9 Å². The number of nitrogens with zero attached hydrogens (tertiary/aromatic N) is 5. The van der Waals surface area contributed by atoms with Crippen molar-refractivity contribution in [3.8, 4) is 17.2 Å². The summed E-state index contributed by atoms with van der Waals surface area (Å²) in [7, 11) is -0.964. The molecule has 12 nitrogen and oxygen atoms in total. The molecule has 1 N–H and O–H groups in total. The lowest BCUT2D eigenvalue weighted by molar-refractivity contribution is -0.187. The fourth-order valence-corrected chi connectivity index (χ4v) is 4.99. The van der Waals surface area contributed by atoms with Gasteiger partial charge in [0.1, 0.15) is 23.0 Å². The molecule has 36 heavy (non-hydrogen) atoms. The Morgan fingerprint density at radius 2 is 1.67 bits per heavy atom. The van der Waals surface area contributed by atoms with Crippen molar-refractivity contribution in [1.82, 2.24) is 24.7 Å². The van der Waals surface area contributed by atoms with Crippen molar-refractivity contribution in [2.24, 2.45) is 0 Å². The Hall–Kier alpha value is -3.29. The highest BCUT2D eigenvalue weighted by molar-refractivity contribution is 7.93. The number of benzene rings is 1. The van der Waals surface area contributed by atoms with Crippen LogP contribution in [0.4, 0.5) is 5.95 Å². The van der Waals surface area contributed by atoms with Crippen molar-refractivity contribution < 1.29 is 27.4 Å². The van der Waals surface area contributed by atoms with Gasteiger partial charge in [0.2, 0.25) is 22.3 Å². The predicted octanol–water partition coefficient (Wildman–Crippen LogP) is 2.75. The van der Waals surface area contributed by atoms with Crippen molar-refractivity contribution in [2.75, 3.05) is 32.2 Å². The molecule has 0 bridgehead atoms. The Morgan fingerprint density at radius 1 is 1.06 bits per heavy atom. The molecule has 194 valence electrons. The molecular formula is C23H30N6O6S. The summed E-state index contributed by atoms with van der Waals surface area (Å²) in [5, 5.41) is 7.48. The number of hydrogen-bond donors (Lipinski definition) is 1. The van der Waals surface area contributed by atoms with E-state index >= 15 is 0 Å². The fourth-order valence-electron chi connectivity index (χ4n) is 3.76. The van der Waals surface area contributed by atoms with Gasteiger partial charge in [-0.05, 0) is 38.0 Å². The molecule has 0 aliphatic carbocycles. The van der Waals surface area contributed by atoms with Gasteiger partial charge in [0.15, 0.2) is 5.82 Å². The Morgan fingerprint density at radius 3 is 2.25 bits per heavy atom. The van der Waals surface area contributed by atoms with Gasteiger partial charge in [-0.2, -0.15) is 0 Å². The zero-order chi connectivity index (χ0) is 25.9. The maximum atomic E-state index is 13.5.